The molecule has 0 saturated heterocycles. The van der Waals surface area contributed by atoms with E-state index in [1.54, 1.807) is 0 Å². The summed E-state index contributed by atoms with van der Waals surface area (Å²) in [5.74, 6) is -0.0219. The summed E-state index contributed by atoms with van der Waals surface area (Å²) in [6.07, 6.45) is 1.99. The molecule has 1 aliphatic heterocycles. The van der Waals surface area contributed by atoms with E-state index in [1.807, 2.05) is 35.3 Å². The molecule has 104 valence electrons. The van der Waals surface area contributed by atoms with Gasteiger partial charge in [0.25, 0.3) is 0 Å². The second kappa shape index (κ2) is 4.56. The Morgan fingerprint density at radius 1 is 1.00 bits per heavy atom. The zero-order valence-electron chi connectivity index (χ0n) is 11.5. The summed E-state index contributed by atoms with van der Waals surface area (Å²) >= 11 is 0. The molecule has 6 unspecified atom stereocenters. The number of para-hydroxylation sites is 1. The Morgan fingerprint density at radius 3 is 2.38 bits per heavy atom. The molecule has 0 N–H and O–H groups in total. The number of hydrogen-bond acceptors (Lipinski definition) is 5. The third-order valence-corrected chi connectivity index (χ3v) is 5.25. The van der Waals surface area contributed by atoms with Crippen LogP contribution in [-0.4, -0.2) is 12.1 Å². The Kier molecular flexibility index (Phi) is 2.68. The third kappa shape index (κ3) is 1.61. The zero-order valence-corrected chi connectivity index (χ0v) is 11.5. The van der Waals surface area contributed by atoms with Crippen LogP contribution < -0.4 is 5.01 Å². The van der Waals surface area contributed by atoms with Crippen molar-refractivity contribution in [2.24, 2.45) is 34.0 Å². The molecule has 3 fully saturated rings. The van der Waals surface area contributed by atoms with Gasteiger partial charge in [0.1, 0.15) is 0 Å². The normalized spacial score (nSPS) is 39.6. The van der Waals surface area contributed by atoms with Crippen LogP contribution in [0.25, 0.3) is 0 Å². The van der Waals surface area contributed by atoms with Gasteiger partial charge < -0.3 is 0 Å². The lowest BCUT2D eigenvalue weighted by atomic mass is 9.55. The lowest BCUT2D eigenvalue weighted by Gasteiger charge is -2.50. The highest BCUT2D eigenvalue weighted by atomic mass is 15.6. The van der Waals surface area contributed by atoms with Crippen LogP contribution in [-0.2, 0) is 0 Å². The minimum Gasteiger partial charge on any atom is -0.242 e. The largest absolute Gasteiger partial charge is 0.242 e. The molecule has 0 aromatic heterocycles. The second-order valence-electron chi connectivity index (χ2n) is 6.08. The molecular formula is C16H15N5. The first-order valence-electron chi connectivity index (χ1n) is 7.39. The summed E-state index contributed by atoms with van der Waals surface area (Å²) in [6.45, 7) is 0. The van der Waals surface area contributed by atoms with Crippen LogP contribution in [0.4, 0.5) is 5.69 Å². The second-order valence-corrected chi connectivity index (χ2v) is 6.08. The number of anilines is 1. The minimum absolute atomic E-state index is 0.0678. The summed E-state index contributed by atoms with van der Waals surface area (Å²) in [5, 5.41) is 29.7. The number of hydrogen-bond donors (Lipinski definition) is 0. The maximum absolute atomic E-state index is 9.51. The van der Waals surface area contributed by atoms with Gasteiger partial charge in [0.15, 0.2) is 0 Å². The molecule has 5 heteroatoms. The Hall–Kier alpha value is -2.40. The van der Waals surface area contributed by atoms with Crippen molar-refractivity contribution in [3.63, 3.8) is 0 Å². The molecule has 1 heterocycles. The first-order chi connectivity index (χ1) is 10.3. The Balaban J connectivity index is 1.73. The molecule has 4 aliphatic rings. The van der Waals surface area contributed by atoms with Gasteiger partial charge in [-0.15, -0.1) is 0 Å². The fourth-order valence-electron chi connectivity index (χ4n) is 4.36. The molecule has 2 bridgehead atoms. The summed E-state index contributed by atoms with van der Waals surface area (Å²) in [7, 11) is 0. The molecule has 1 aromatic rings. The number of rotatable bonds is 1. The predicted molar refractivity (Wildman–Crippen MR) is 75.8 cm³/mol. The van der Waals surface area contributed by atoms with Crippen molar-refractivity contribution in [3.05, 3.63) is 30.3 Å². The molecule has 0 amide bonds. The molecule has 5 rings (SSSR count). The van der Waals surface area contributed by atoms with Crippen molar-refractivity contribution in [3.8, 4) is 12.1 Å². The summed E-state index contributed by atoms with van der Waals surface area (Å²) in [5.41, 5.74) is 1.02. The van der Waals surface area contributed by atoms with Crippen LogP contribution in [0.1, 0.15) is 12.8 Å². The van der Waals surface area contributed by atoms with E-state index in [-0.39, 0.29) is 35.8 Å². The van der Waals surface area contributed by atoms with Crippen LogP contribution >= 0.6 is 0 Å². The first kappa shape index (κ1) is 12.3. The first-order valence-corrected chi connectivity index (χ1v) is 7.39. The van der Waals surface area contributed by atoms with E-state index in [9.17, 15) is 10.5 Å². The number of nitrogens with zero attached hydrogens (tertiary/aromatic N) is 5. The van der Waals surface area contributed by atoms with E-state index in [1.165, 1.54) is 0 Å². The molecular weight excluding hydrogens is 262 g/mol. The topological polar surface area (TPSA) is 75.5 Å². The molecule has 3 aliphatic carbocycles. The highest BCUT2D eigenvalue weighted by molar-refractivity contribution is 5.48. The summed E-state index contributed by atoms with van der Waals surface area (Å²) in [4.78, 5) is 0. The van der Waals surface area contributed by atoms with Crippen molar-refractivity contribution in [2.75, 3.05) is 5.01 Å². The van der Waals surface area contributed by atoms with Crippen LogP contribution in [0.3, 0.4) is 0 Å². The van der Waals surface area contributed by atoms with E-state index in [2.05, 4.69) is 22.5 Å². The van der Waals surface area contributed by atoms with E-state index < -0.39 is 0 Å². The predicted octanol–water partition coefficient (Wildman–Crippen LogP) is 2.93. The highest BCUT2D eigenvalue weighted by Gasteiger charge is 2.58. The van der Waals surface area contributed by atoms with Crippen molar-refractivity contribution >= 4 is 5.69 Å². The number of fused-ring (bicyclic) bond motifs is 2. The van der Waals surface area contributed by atoms with Crippen molar-refractivity contribution in [1.82, 2.24) is 0 Å². The third-order valence-electron chi connectivity index (χ3n) is 5.25. The molecule has 6 atom stereocenters. The van der Waals surface area contributed by atoms with E-state index in [4.69, 9.17) is 0 Å². The monoisotopic (exact) mass is 277 g/mol. The van der Waals surface area contributed by atoms with E-state index >= 15 is 0 Å². The Bertz CT molecular complexity index is 655. The fourth-order valence-corrected chi connectivity index (χ4v) is 4.36. The van der Waals surface area contributed by atoms with Crippen LogP contribution in [0.2, 0.25) is 0 Å². The minimum atomic E-state index is -0.190. The summed E-state index contributed by atoms with van der Waals surface area (Å²) in [6, 6.07) is 14.9. The van der Waals surface area contributed by atoms with Crippen molar-refractivity contribution in [2.45, 2.75) is 24.9 Å². The van der Waals surface area contributed by atoms with Gasteiger partial charge in [-0.1, -0.05) is 23.4 Å². The standard InChI is InChI=1S/C16H15N5/c17-8-13-11-6-7-12(14(13)9-18)16-15(11)19-20-21(16)10-4-2-1-3-5-10/h1-5,11-16H,6-7H2. The maximum atomic E-state index is 9.51. The van der Waals surface area contributed by atoms with E-state index in [0.717, 1.165) is 18.5 Å². The van der Waals surface area contributed by atoms with Gasteiger partial charge >= 0.3 is 0 Å². The van der Waals surface area contributed by atoms with Crippen LogP contribution in [0, 0.1) is 46.3 Å². The lowest BCUT2D eigenvalue weighted by molar-refractivity contribution is 0.0525. The molecule has 21 heavy (non-hydrogen) atoms. The molecule has 0 spiro atoms. The van der Waals surface area contributed by atoms with Crippen molar-refractivity contribution < 1.29 is 0 Å². The van der Waals surface area contributed by atoms with Gasteiger partial charge in [-0.05, 0) is 25.0 Å². The van der Waals surface area contributed by atoms with Crippen LogP contribution in [0.15, 0.2) is 40.7 Å². The molecule has 3 saturated carbocycles. The lowest BCUT2D eigenvalue weighted by Crippen LogP contribution is -2.58. The average Bonchev–Trinajstić information content (AvgIpc) is 3.01. The van der Waals surface area contributed by atoms with Gasteiger partial charge in [-0.2, -0.15) is 15.6 Å². The van der Waals surface area contributed by atoms with Gasteiger partial charge in [0.2, 0.25) is 0 Å². The van der Waals surface area contributed by atoms with Crippen molar-refractivity contribution in [1.29, 1.82) is 10.5 Å². The van der Waals surface area contributed by atoms with Gasteiger partial charge in [-0.3, -0.25) is 0 Å². The summed E-state index contributed by atoms with van der Waals surface area (Å²) < 4.78 is 0. The SMILES string of the molecule is N#CC1C(C#N)C2CCC1C1N=NN(c3ccccc3)C21. The van der Waals surface area contributed by atoms with E-state index in [0.29, 0.717) is 0 Å². The zero-order chi connectivity index (χ0) is 14.4. The highest BCUT2D eigenvalue weighted by Crippen LogP contribution is 2.53. The van der Waals surface area contributed by atoms with Gasteiger partial charge in [0.05, 0.1) is 41.7 Å². The number of nitriles is 2. The maximum Gasteiger partial charge on any atom is 0.0998 e. The quantitative estimate of drug-likeness (QED) is 0.792. The van der Waals surface area contributed by atoms with Crippen LogP contribution in [0.5, 0.6) is 0 Å². The Morgan fingerprint density at radius 2 is 1.67 bits per heavy atom. The smallest absolute Gasteiger partial charge is 0.0998 e. The van der Waals surface area contributed by atoms with Gasteiger partial charge in [-0.25, -0.2) is 5.01 Å². The average molecular weight is 277 g/mol. The fraction of sp³-hybridized carbons (Fsp3) is 0.500. The molecule has 5 nitrogen and oxygen atoms in total. The van der Waals surface area contributed by atoms with Gasteiger partial charge in [0, 0.05) is 11.8 Å². The molecule has 1 aromatic carbocycles. The Labute approximate surface area is 123 Å². The molecule has 0 radical (unpaired) electrons. The number of benzene rings is 1.